The van der Waals surface area contributed by atoms with Crippen LogP contribution < -0.4 is 0 Å². The van der Waals surface area contributed by atoms with Crippen LogP contribution in [-0.4, -0.2) is 5.38 Å². The lowest BCUT2D eigenvalue weighted by Gasteiger charge is -2.26. The Bertz CT molecular complexity index is 361. The number of halogens is 3. The summed E-state index contributed by atoms with van der Waals surface area (Å²) in [6.45, 7) is 6.37. The SMILES string of the molecule is CC(Cl)CC(C)(C)Cc1ccc(F)cc1Br. The van der Waals surface area contributed by atoms with E-state index in [4.69, 9.17) is 11.6 Å². The third-order valence-corrected chi connectivity index (χ3v) is 3.41. The van der Waals surface area contributed by atoms with E-state index >= 15 is 0 Å². The van der Waals surface area contributed by atoms with Crippen molar-refractivity contribution in [2.45, 2.75) is 39.0 Å². The van der Waals surface area contributed by atoms with Crippen LogP contribution in [0.15, 0.2) is 22.7 Å². The van der Waals surface area contributed by atoms with E-state index in [9.17, 15) is 4.39 Å². The normalized spacial score (nSPS) is 13.9. The molecule has 1 unspecified atom stereocenters. The van der Waals surface area contributed by atoms with Gasteiger partial charge in [0.2, 0.25) is 0 Å². The summed E-state index contributed by atoms with van der Waals surface area (Å²) < 4.78 is 13.8. The Hall–Kier alpha value is -0.0800. The molecule has 3 heteroatoms. The van der Waals surface area contributed by atoms with Crippen LogP contribution in [-0.2, 0) is 6.42 Å². The molecule has 0 saturated carbocycles. The Morgan fingerprint density at radius 2 is 2.06 bits per heavy atom. The zero-order chi connectivity index (χ0) is 12.3. The van der Waals surface area contributed by atoms with Crippen molar-refractivity contribution >= 4 is 27.5 Å². The Kier molecular flexibility index (Phi) is 4.81. The maximum atomic E-state index is 12.9. The van der Waals surface area contributed by atoms with E-state index in [1.807, 2.05) is 13.0 Å². The molecule has 0 nitrogen and oxygen atoms in total. The Morgan fingerprint density at radius 3 is 2.56 bits per heavy atom. The van der Waals surface area contributed by atoms with Crippen LogP contribution >= 0.6 is 27.5 Å². The van der Waals surface area contributed by atoms with Crippen molar-refractivity contribution < 1.29 is 4.39 Å². The molecular weight excluding hydrogens is 290 g/mol. The van der Waals surface area contributed by atoms with E-state index in [2.05, 4.69) is 29.8 Å². The lowest BCUT2D eigenvalue weighted by molar-refractivity contribution is 0.331. The second-order valence-corrected chi connectivity index (χ2v) is 6.66. The maximum absolute atomic E-state index is 12.9. The fourth-order valence-electron chi connectivity index (χ4n) is 2.01. The molecule has 0 aliphatic heterocycles. The van der Waals surface area contributed by atoms with Gasteiger partial charge in [-0.15, -0.1) is 11.6 Å². The van der Waals surface area contributed by atoms with Crippen molar-refractivity contribution in [3.8, 4) is 0 Å². The largest absolute Gasteiger partial charge is 0.207 e. The summed E-state index contributed by atoms with van der Waals surface area (Å²) in [6.07, 6.45) is 1.84. The highest BCUT2D eigenvalue weighted by Gasteiger charge is 2.21. The van der Waals surface area contributed by atoms with E-state index in [0.29, 0.717) is 0 Å². The van der Waals surface area contributed by atoms with Crippen molar-refractivity contribution in [3.05, 3.63) is 34.1 Å². The molecule has 0 spiro atoms. The third-order valence-electron chi connectivity index (χ3n) is 2.52. The molecule has 1 aromatic rings. The maximum Gasteiger partial charge on any atom is 0.124 e. The van der Waals surface area contributed by atoms with E-state index in [-0.39, 0.29) is 16.6 Å². The standard InChI is InChI=1S/C13H17BrClF/c1-9(15)7-13(2,3)8-10-4-5-11(16)6-12(10)14/h4-6,9H,7-8H2,1-3H3. The van der Waals surface area contributed by atoms with E-state index in [0.717, 1.165) is 22.9 Å². The van der Waals surface area contributed by atoms with Gasteiger partial charge in [0, 0.05) is 9.85 Å². The fraction of sp³-hybridized carbons (Fsp3) is 0.538. The monoisotopic (exact) mass is 306 g/mol. The molecular formula is C13H17BrClF. The van der Waals surface area contributed by atoms with Gasteiger partial charge in [-0.05, 0) is 42.9 Å². The molecule has 1 rings (SSSR count). The van der Waals surface area contributed by atoms with Crippen LogP contribution in [0, 0.1) is 11.2 Å². The average Bonchev–Trinajstić information content (AvgIpc) is 2.07. The molecule has 0 radical (unpaired) electrons. The van der Waals surface area contributed by atoms with Crippen LogP contribution in [0.3, 0.4) is 0 Å². The molecule has 0 bridgehead atoms. The zero-order valence-corrected chi connectivity index (χ0v) is 12.2. The van der Waals surface area contributed by atoms with Gasteiger partial charge >= 0.3 is 0 Å². The number of rotatable bonds is 4. The number of hydrogen-bond donors (Lipinski definition) is 0. The van der Waals surface area contributed by atoms with Gasteiger partial charge in [0.05, 0.1) is 0 Å². The first kappa shape index (κ1) is 14.0. The molecule has 0 heterocycles. The van der Waals surface area contributed by atoms with Gasteiger partial charge in [-0.1, -0.05) is 35.8 Å². The van der Waals surface area contributed by atoms with Crippen molar-refractivity contribution in [1.82, 2.24) is 0 Å². The van der Waals surface area contributed by atoms with Crippen molar-refractivity contribution in [1.29, 1.82) is 0 Å². The summed E-state index contributed by atoms with van der Waals surface area (Å²) in [5, 5.41) is 0.161. The van der Waals surface area contributed by atoms with Gasteiger partial charge in [-0.2, -0.15) is 0 Å². The summed E-state index contributed by atoms with van der Waals surface area (Å²) in [5.74, 6) is -0.209. The predicted molar refractivity (Wildman–Crippen MR) is 71.5 cm³/mol. The van der Waals surface area contributed by atoms with E-state index in [1.165, 1.54) is 12.1 Å². The Labute approximate surface area is 110 Å². The summed E-state index contributed by atoms with van der Waals surface area (Å²) in [4.78, 5) is 0. The second kappa shape index (κ2) is 5.50. The van der Waals surface area contributed by atoms with Gasteiger partial charge in [-0.3, -0.25) is 0 Å². The molecule has 1 atom stereocenters. The quantitative estimate of drug-likeness (QED) is 0.673. The minimum atomic E-state index is -0.209. The molecule has 16 heavy (non-hydrogen) atoms. The highest BCUT2D eigenvalue weighted by atomic mass is 79.9. The van der Waals surface area contributed by atoms with Gasteiger partial charge in [0.25, 0.3) is 0 Å². The molecule has 1 aromatic carbocycles. The van der Waals surface area contributed by atoms with Crippen LogP contribution in [0.1, 0.15) is 32.8 Å². The Morgan fingerprint density at radius 1 is 1.44 bits per heavy atom. The molecule has 0 amide bonds. The van der Waals surface area contributed by atoms with Crippen LogP contribution in [0.2, 0.25) is 0 Å². The lowest BCUT2D eigenvalue weighted by atomic mass is 9.82. The zero-order valence-electron chi connectivity index (χ0n) is 9.86. The number of alkyl halides is 1. The molecule has 0 fully saturated rings. The lowest BCUT2D eigenvalue weighted by Crippen LogP contribution is -2.19. The number of hydrogen-bond acceptors (Lipinski definition) is 0. The van der Waals surface area contributed by atoms with E-state index in [1.54, 1.807) is 0 Å². The van der Waals surface area contributed by atoms with E-state index < -0.39 is 0 Å². The fourth-order valence-corrected chi connectivity index (χ4v) is 2.92. The Balaban J connectivity index is 2.79. The molecule has 0 saturated heterocycles. The predicted octanol–water partition coefficient (Wildman–Crippen LogP) is 5.17. The first-order valence-electron chi connectivity index (χ1n) is 5.38. The first-order valence-corrected chi connectivity index (χ1v) is 6.61. The van der Waals surface area contributed by atoms with Gasteiger partial charge < -0.3 is 0 Å². The van der Waals surface area contributed by atoms with Crippen molar-refractivity contribution in [2.24, 2.45) is 5.41 Å². The number of benzene rings is 1. The minimum Gasteiger partial charge on any atom is -0.207 e. The van der Waals surface area contributed by atoms with Crippen molar-refractivity contribution in [3.63, 3.8) is 0 Å². The molecule has 0 aromatic heterocycles. The molecule has 0 aliphatic carbocycles. The summed E-state index contributed by atoms with van der Waals surface area (Å²) in [6, 6.07) is 4.84. The van der Waals surface area contributed by atoms with Crippen LogP contribution in [0.4, 0.5) is 4.39 Å². The summed E-state index contributed by atoms with van der Waals surface area (Å²) >= 11 is 9.41. The summed E-state index contributed by atoms with van der Waals surface area (Å²) in [7, 11) is 0. The first-order chi connectivity index (χ1) is 7.30. The minimum absolute atomic E-state index is 0.127. The van der Waals surface area contributed by atoms with Crippen molar-refractivity contribution in [2.75, 3.05) is 0 Å². The highest BCUT2D eigenvalue weighted by molar-refractivity contribution is 9.10. The molecule has 0 aliphatic rings. The molecule has 0 N–H and O–H groups in total. The van der Waals surface area contributed by atoms with Crippen LogP contribution in [0.5, 0.6) is 0 Å². The smallest absolute Gasteiger partial charge is 0.124 e. The summed E-state index contributed by atoms with van der Waals surface area (Å²) in [5.41, 5.74) is 1.25. The topological polar surface area (TPSA) is 0 Å². The van der Waals surface area contributed by atoms with Gasteiger partial charge in [0.15, 0.2) is 0 Å². The third kappa shape index (κ3) is 4.42. The van der Waals surface area contributed by atoms with Gasteiger partial charge in [-0.25, -0.2) is 4.39 Å². The van der Waals surface area contributed by atoms with Gasteiger partial charge in [0.1, 0.15) is 5.82 Å². The highest BCUT2D eigenvalue weighted by Crippen LogP contribution is 2.32. The molecule has 90 valence electrons. The average molecular weight is 308 g/mol. The second-order valence-electron chi connectivity index (χ2n) is 5.06. The van der Waals surface area contributed by atoms with Crippen LogP contribution in [0.25, 0.3) is 0 Å².